The maximum atomic E-state index is 12.8. The van der Waals surface area contributed by atoms with E-state index in [2.05, 4.69) is 48.7 Å². The van der Waals surface area contributed by atoms with E-state index in [9.17, 15) is 14.9 Å². The van der Waals surface area contributed by atoms with Crippen LogP contribution in [0.4, 0.5) is 28.8 Å². The first-order valence-electron chi connectivity index (χ1n) is 17.9. The first-order chi connectivity index (χ1) is 24.2. The molecule has 5 atom stereocenters. The molecule has 50 heavy (non-hydrogen) atoms. The summed E-state index contributed by atoms with van der Waals surface area (Å²) in [6.07, 6.45) is 8.63. The SMILES string of the molecule is COc1cc(N2CCN(CCCNC(=O)CC3[C@H]4C[C@H]5CC[C@@H]3C5(C)C4)CC2)ccc1Nc1ncc(Cl)c(NCc2cccc([N+](=O)[O-])c2)n1. The fraction of sp³-hybridized carbons (Fsp3) is 0.541. The highest BCUT2D eigenvalue weighted by Crippen LogP contribution is 2.70. The van der Waals surface area contributed by atoms with Gasteiger partial charge in [-0.25, -0.2) is 4.98 Å². The number of piperazine rings is 1. The minimum Gasteiger partial charge on any atom is -0.494 e. The van der Waals surface area contributed by atoms with Crippen LogP contribution in [0, 0.1) is 39.2 Å². The number of nitrogens with one attached hydrogen (secondary N) is 3. The van der Waals surface area contributed by atoms with E-state index < -0.39 is 4.92 Å². The molecule has 1 saturated heterocycles. The molecule has 1 aliphatic heterocycles. The number of carbonyl (C=O) groups is 1. The Morgan fingerprint density at radius 2 is 2.00 bits per heavy atom. The van der Waals surface area contributed by atoms with Gasteiger partial charge in [0.15, 0.2) is 5.82 Å². The average molecular weight is 703 g/mol. The molecule has 266 valence electrons. The minimum absolute atomic E-state index is 0.0241. The van der Waals surface area contributed by atoms with Crippen LogP contribution in [0.25, 0.3) is 0 Å². The van der Waals surface area contributed by atoms with Gasteiger partial charge in [0, 0.05) is 69.6 Å². The van der Waals surface area contributed by atoms with Crippen molar-refractivity contribution in [3.8, 4) is 5.75 Å². The monoisotopic (exact) mass is 702 g/mol. The van der Waals surface area contributed by atoms with Crippen LogP contribution in [-0.2, 0) is 11.3 Å². The molecule has 1 aromatic heterocycles. The molecule has 2 bridgehead atoms. The van der Waals surface area contributed by atoms with E-state index in [1.807, 2.05) is 12.1 Å². The van der Waals surface area contributed by atoms with E-state index in [1.165, 1.54) is 44.0 Å². The Kier molecular flexibility index (Phi) is 10.0. The fourth-order valence-corrected chi connectivity index (χ4v) is 9.55. The summed E-state index contributed by atoms with van der Waals surface area (Å²) >= 11 is 6.35. The van der Waals surface area contributed by atoms with Crippen molar-refractivity contribution in [1.29, 1.82) is 0 Å². The van der Waals surface area contributed by atoms with Gasteiger partial charge in [0.2, 0.25) is 11.9 Å². The molecule has 2 aromatic carbocycles. The Hall–Kier alpha value is -4.16. The maximum absolute atomic E-state index is 12.8. The molecule has 3 N–H and O–H groups in total. The van der Waals surface area contributed by atoms with Crippen molar-refractivity contribution in [2.75, 3.05) is 61.9 Å². The molecular formula is C37H47ClN8O4. The van der Waals surface area contributed by atoms with Crippen molar-refractivity contribution in [3.63, 3.8) is 0 Å². The van der Waals surface area contributed by atoms with Crippen LogP contribution in [0.3, 0.4) is 0 Å². The number of nitrogens with zero attached hydrogens (tertiary/aromatic N) is 5. The minimum atomic E-state index is -0.422. The number of ether oxygens (including phenoxy) is 1. The van der Waals surface area contributed by atoms with Crippen LogP contribution >= 0.6 is 11.6 Å². The van der Waals surface area contributed by atoms with E-state index in [4.69, 9.17) is 16.3 Å². The molecule has 2 heterocycles. The number of benzene rings is 2. The lowest BCUT2D eigenvalue weighted by Gasteiger charge is -2.36. The van der Waals surface area contributed by atoms with Crippen molar-refractivity contribution in [2.24, 2.45) is 29.1 Å². The van der Waals surface area contributed by atoms with Gasteiger partial charge in [-0.05, 0) is 85.4 Å². The first kappa shape index (κ1) is 34.3. The first-order valence-corrected chi connectivity index (χ1v) is 18.3. The second-order valence-corrected chi connectivity index (χ2v) is 15.1. The van der Waals surface area contributed by atoms with Crippen LogP contribution in [0.1, 0.15) is 51.0 Å². The lowest BCUT2D eigenvalue weighted by Crippen LogP contribution is -2.47. The number of rotatable bonds is 14. The molecule has 0 spiro atoms. The van der Waals surface area contributed by atoms with Gasteiger partial charge in [-0.1, -0.05) is 30.7 Å². The number of hydrogen-bond acceptors (Lipinski definition) is 10. The summed E-state index contributed by atoms with van der Waals surface area (Å²) in [5.41, 5.74) is 3.07. The Morgan fingerprint density at radius 3 is 2.80 bits per heavy atom. The van der Waals surface area contributed by atoms with Gasteiger partial charge in [0.25, 0.3) is 5.69 Å². The summed E-state index contributed by atoms with van der Waals surface area (Å²) in [5, 5.41) is 21.1. The lowest BCUT2D eigenvalue weighted by molar-refractivity contribution is -0.384. The summed E-state index contributed by atoms with van der Waals surface area (Å²) in [6, 6.07) is 12.4. The highest BCUT2D eigenvalue weighted by atomic mass is 35.5. The highest BCUT2D eigenvalue weighted by Gasteiger charge is 2.62. The number of halogens is 1. The molecule has 4 fully saturated rings. The number of nitro groups is 1. The average Bonchev–Trinajstić information content (AvgIpc) is 3.66. The normalized spacial score (nSPS) is 25.5. The van der Waals surface area contributed by atoms with Crippen molar-refractivity contribution in [2.45, 2.75) is 52.0 Å². The van der Waals surface area contributed by atoms with Gasteiger partial charge in [0.1, 0.15) is 10.8 Å². The predicted octanol–water partition coefficient (Wildman–Crippen LogP) is 6.49. The number of amides is 1. The zero-order valence-electron chi connectivity index (χ0n) is 28.9. The molecule has 3 saturated carbocycles. The van der Waals surface area contributed by atoms with Crippen LogP contribution in [0.15, 0.2) is 48.7 Å². The van der Waals surface area contributed by atoms with Crippen LogP contribution in [0.2, 0.25) is 5.02 Å². The number of methoxy groups -OCH3 is 1. The molecule has 3 aromatic rings. The Balaban J connectivity index is 0.857. The molecule has 4 aliphatic rings. The molecule has 13 heteroatoms. The smallest absolute Gasteiger partial charge is 0.269 e. The fourth-order valence-electron chi connectivity index (χ4n) is 9.39. The Bertz CT molecular complexity index is 1720. The standard InChI is InChI=1S/C37H47ClN8O4/c1-37-21-25-18-26(37)7-9-30(37)29(25)20-34(47)39-11-4-12-44-13-15-45(16-14-44)27-8-10-32(33(19-27)50-2)42-36-41-23-31(38)35(43-36)40-22-24-5-3-6-28(17-24)46(48)49/h3,5-6,8,10,17,19,23,25-26,29-30H,4,7,9,11-16,18,20-22H2,1-2H3,(H,39,47)(H2,40,41,42,43)/t25-,26+,29?,30-,37?/m0/s1. The van der Waals surface area contributed by atoms with Crippen LogP contribution in [-0.4, -0.2) is 72.1 Å². The van der Waals surface area contributed by atoms with E-state index >= 15 is 0 Å². The molecule has 1 amide bonds. The largest absolute Gasteiger partial charge is 0.494 e. The second kappa shape index (κ2) is 14.6. The number of nitro benzene ring substituents is 1. The summed E-state index contributed by atoms with van der Waals surface area (Å²) in [5.74, 6) is 4.75. The number of anilines is 4. The third-order valence-electron chi connectivity index (χ3n) is 11.9. The number of non-ortho nitro benzene ring substituents is 1. The molecule has 3 aliphatic carbocycles. The van der Waals surface area contributed by atoms with Crippen molar-refractivity contribution in [3.05, 3.63) is 69.4 Å². The molecular weight excluding hydrogens is 656 g/mol. The number of carbonyl (C=O) groups excluding carboxylic acids is 1. The molecule has 12 nitrogen and oxygen atoms in total. The lowest BCUT2D eigenvalue weighted by atomic mass is 9.70. The molecule has 0 radical (unpaired) electrons. The van der Waals surface area contributed by atoms with Crippen LogP contribution in [0.5, 0.6) is 5.75 Å². The van der Waals surface area contributed by atoms with Gasteiger partial charge >= 0.3 is 0 Å². The van der Waals surface area contributed by atoms with Crippen molar-refractivity contribution < 1.29 is 14.5 Å². The molecule has 7 rings (SSSR count). The topological polar surface area (TPSA) is 138 Å². The molecule has 2 unspecified atom stereocenters. The van der Waals surface area contributed by atoms with E-state index in [0.29, 0.717) is 46.1 Å². The van der Waals surface area contributed by atoms with E-state index in [-0.39, 0.29) is 11.6 Å². The summed E-state index contributed by atoms with van der Waals surface area (Å²) in [6.45, 7) is 8.28. The third kappa shape index (κ3) is 7.18. The van der Waals surface area contributed by atoms with E-state index in [1.54, 1.807) is 19.2 Å². The summed E-state index contributed by atoms with van der Waals surface area (Å²) < 4.78 is 5.73. The summed E-state index contributed by atoms with van der Waals surface area (Å²) in [4.78, 5) is 37.2. The van der Waals surface area contributed by atoms with Gasteiger partial charge in [0.05, 0.1) is 23.9 Å². The number of fused-ring (bicyclic) bond motifs is 1. The third-order valence-corrected chi connectivity index (χ3v) is 12.2. The van der Waals surface area contributed by atoms with E-state index in [0.717, 1.165) is 81.1 Å². The van der Waals surface area contributed by atoms with Gasteiger partial charge in [-0.2, -0.15) is 4.98 Å². The highest BCUT2D eigenvalue weighted by molar-refractivity contribution is 6.32. The zero-order valence-corrected chi connectivity index (χ0v) is 29.6. The van der Waals surface area contributed by atoms with Crippen molar-refractivity contribution in [1.82, 2.24) is 20.2 Å². The zero-order chi connectivity index (χ0) is 34.8. The summed E-state index contributed by atoms with van der Waals surface area (Å²) in [7, 11) is 1.64. The van der Waals surface area contributed by atoms with Gasteiger partial charge in [-0.3, -0.25) is 19.8 Å². The van der Waals surface area contributed by atoms with Gasteiger partial charge < -0.3 is 25.6 Å². The Labute approximate surface area is 298 Å². The second-order valence-electron chi connectivity index (χ2n) is 14.7. The maximum Gasteiger partial charge on any atom is 0.269 e. The van der Waals surface area contributed by atoms with Crippen molar-refractivity contribution >= 4 is 46.3 Å². The Morgan fingerprint density at radius 1 is 1.16 bits per heavy atom. The number of aromatic nitrogens is 2. The predicted molar refractivity (Wildman–Crippen MR) is 195 cm³/mol. The van der Waals surface area contributed by atoms with Gasteiger partial charge in [-0.15, -0.1) is 0 Å². The van der Waals surface area contributed by atoms with Crippen LogP contribution < -0.4 is 25.6 Å². The quantitative estimate of drug-likeness (QED) is 0.0971. The number of hydrogen-bond donors (Lipinski definition) is 3.